The standard InChI is InChI=1S/C14H16N2O2/c1-8-3-5-11-10(7-8)14(18)16-9(2)4-6-12(16)13(17)15-11/h3,5,7,9,12H,4,6H2,1-2H3,(H,15,17). The molecule has 0 aliphatic carbocycles. The Hall–Kier alpha value is -1.84. The predicted octanol–water partition coefficient (Wildman–Crippen LogP) is 1.94. The summed E-state index contributed by atoms with van der Waals surface area (Å²) in [6.45, 7) is 3.96. The second-order valence-corrected chi connectivity index (χ2v) is 5.19. The number of nitrogens with one attached hydrogen (secondary N) is 1. The molecule has 1 fully saturated rings. The van der Waals surface area contributed by atoms with E-state index in [1.54, 1.807) is 4.90 Å². The van der Waals surface area contributed by atoms with Crippen molar-refractivity contribution < 1.29 is 9.59 Å². The second-order valence-electron chi connectivity index (χ2n) is 5.19. The second kappa shape index (κ2) is 3.83. The summed E-state index contributed by atoms with van der Waals surface area (Å²) in [4.78, 5) is 26.4. The van der Waals surface area contributed by atoms with Crippen molar-refractivity contribution in [1.29, 1.82) is 0 Å². The summed E-state index contributed by atoms with van der Waals surface area (Å²) in [5, 5.41) is 2.87. The molecule has 0 radical (unpaired) electrons. The Kier molecular flexibility index (Phi) is 2.40. The number of aryl methyl sites for hydroxylation is 1. The molecule has 1 aromatic carbocycles. The van der Waals surface area contributed by atoms with Crippen LogP contribution >= 0.6 is 0 Å². The fraction of sp³-hybridized carbons (Fsp3) is 0.429. The minimum Gasteiger partial charge on any atom is -0.324 e. The summed E-state index contributed by atoms with van der Waals surface area (Å²) in [7, 11) is 0. The van der Waals surface area contributed by atoms with Crippen LogP contribution in [0, 0.1) is 6.92 Å². The van der Waals surface area contributed by atoms with Gasteiger partial charge in [-0.3, -0.25) is 9.59 Å². The lowest BCUT2D eigenvalue weighted by atomic mass is 10.1. The molecular weight excluding hydrogens is 228 g/mol. The first-order valence-corrected chi connectivity index (χ1v) is 6.32. The maximum absolute atomic E-state index is 12.6. The maximum Gasteiger partial charge on any atom is 0.256 e. The first-order valence-electron chi connectivity index (χ1n) is 6.32. The Morgan fingerprint density at radius 3 is 2.83 bits per heavy atom. The van der Waals surface area contributed by atoms with E-state index in [9.17, 15) is 9.59 Å². The fourth-order valence-corrected chi connectivity index (χ4v) is 2.88. The van der Waals surface area contributed by atoms with Crippen molar-refractivity contribution in [3.05, 3.63) is 29.3 Å². The van der Waals surface area contributed by atoms with Gasteiger partial charge in [0.05, 0.1) is 11.3 Å². The Bertz CT molecular complexity index is 539. The van der Waals surface area contributed by atoms with Gasteiger partial charge in [-0.2, -0.15) is 0 Å². The van der Waals surface area contributed by atoms with Crippen molar-refractivity contribution in [2.45, 2.75) is 38.8 Å². The summed E-state index contributed by atoms with van der Waals surface area (Å²) in [6.07, 6.45) is 1.65. The van der Waals surface area contributed by atoms with E-state index in [2.05, 4.69) is 5.32 Å². The maximum atomic E-state index is 12.6. The van der Waals surface area contributed by atoms with Crippen molar-refractivity contribution in [2.75, 3.05) is 5.32 Å². The molecule has 4 nitrogen and oxygen atoms in total. The number of carbonyl (C=O) groups excluding carboxylic acids is 2. The normalized spacial score (nSPS) is 26.4. The Labute approximate surface area is 106 Å². The average Bonchev–Trinajstić information content (AvgIpc) is 2.68. The van der Waals surface area contributed by atoms with Gasteiger partial charge in [-0.05, 0) is 38.8 Å². The molecule has 94 valence electrons. The van der Waals surface area contributed by atoms with Crippen LogP contribution in [0.1, 0.15) is 35.7 Å². The number of hydrogen-bond donors (Lipinski definition) is 1. The summed E-state index contributed by atoms with van der Waals surface area (Å²) in [6, 6.07) is 5.41. The fourth-order valence-electron chi connectivity index (χ4n) is 2.88. The van der Waals surface area contributed by atoms with Crippen molar-refractivity contribution in [3.63, 3.8) is 0 Å². The number of nitrogens with zero attached hydrogens (tertiary/aromatic N) is 1. The molecule has 0 aromatic heterocycles. The molecule has 4 heteroatoms. The molecular formula is C14H16N2O2. The molecule has 2 atom stereocenters. The van der Waals surface area contributed by atoms with Crippen LogP contribution in [0.15, 0.2) is 18.2 Å². The van der Waals surface area contributed by atoms with E-state index >= 15 is 0 Å². The van der Waals surface area contributed by atoms with Gasteiger partial charge < -0.3 is 10.2 Å². The third-order valence-corrected chi connectivity index (χ3v) is 3.87. The zero-order valence-corrected chi connectivity index (χ0v) is 10.6. The van der Waals surface area contributed by atoms with Crippen molar-refractivity contribution in [3.8, 4) is 0 Å². The van der Waals surface area contributed by atoms with Gasteiger partial charge in [0.15, 0.2) is 0 Å². The monoisotopic (exact) mass is 244 g/mol. The molecule has 3 rings (SSSR count). The quantitative estimate of drug-likeness (QED) is 0.758. The van der Waals surface area contributed by atoms with E-state index in [1.807, 2.05) is 32.0 Å². The SMILES string of the molecule is Cc1ccc2c(c1)C(=O)N1C(C)CCC1C(=O)N2. The number of benzene rings is 1. The van der Waals surface area contributed by atoms with Gasteiger partial charge in [0.25, 0.3) is 5.91 Å². The molecule has 1 aromatic rings. The lowest BCUT2D eigenvalue weighted by molar-refractivity contribution is -0.119. The van der Waals surface area contributed by atoms with Gasteiger partial charge in [-0.1, -0.05) is 11.6 Å². The predicted molar refractivity (Wildman–Crippen MR) is 68.5 cm³/mol. The molecule has 2 aliphatic rings. The Balaban J connectivity index is 2.13. The number of amides is 2. The minimum absolute atomic E-state index is 0.0259. The van der Waals surface area contributed by atoms with E-state index < -0.39 is 0 Å². The molecule has 0 saturated carbocycles. The minimum atomic E-state index is -0.305. The molecule has 2 heterocycles. The zero-order valence-electron chi connectivity index (χ0n) is 10.6. The van der Waals surface area contributed by atoms with Crippen LogP contribution in [-0.2, 0) is 4.79 Å². The van der Waals surface area contributed by atoms with Crippen LogP contribution in [0.4, 0.5) is 5.69 Å². The molecule has 1 saturated heterocycles. The topological polar surface area (TPSA) is 49.4 Å². The Morgan fingerprint density at radius 2 is 2.06 bits per heavy atom. The Morgan fingerprint density at radius 1 is 1.28 bits per heavy atom. The van der Waals surface area contributed by atoms with Crippen LogP contribution < -0.4 is 5.32 Å². The molecule has 18 heavy (non-hydrogen) atoms. The van der Waals surface area contributed by atoms with Crippen LogP contribution in [0.2, 0.25) is 0 Å². The van der Waals surface area contributed by atoms with Gasteiger partial charge in [0, 0.05) is 6.04 Å². The van der Waals surface area contributed by atoms with Gasteiger partial charge in [-0.25, -0.2) is 0 Å². The summed E-state index contributed by atoms with van der Waals surface area (Å²) < 4.78 is 0. The van der Waals surface area contributed by atoms with Crippen molar-refractivity contribution in [1.82, 2.24) is 4.90 Å². The summed E-state index contributed by atoms with van der Waals surface area (Å²) in [5.74, 6) is -0.0858. The molecule has 2 amide bonds. The molecule has 0 spiro atoms. The number of fused-ring (bicyclic) bond motifs is 2. The summed E-state index contributed by atoms with van der Waals surface area (Å²) in [5.41, 5.74) is 2.28. The third-order valence-electron chi connectivity index (χ3n) is 3.87. The van der Waals surface area contributed by atoms with E-state index in [1.165, 1.54) is 0 Å². The van der Waals surface area contributed by atoms with E-state index in [4.69, 9.17) is 0 Å². The lowest BCUT2D eigenvalue weighted by Crippen LogP contribution is -2.43. The molecule has 2 unspecified atom stereocenters. The van der Waals surface area contributed by atoms with Gasteiger partial charge in [0.1, 0.15) is 6.04 Å². The van der Waals surface area contributed by atoms with Gasteiger partial charge in [-0.15, -0.1) is 0 Å². The number of hydrogen-bond acceptors (Lipinski definition) is 2. The van der Waals surface area contributed by atoms with Crippen LogP contribution in [0.5, 0.6) is 0 Å². The average molecular weight is 244 g/mol. The zero-order chi connectivity index (χ0) is 12.9. The van der Waals surface area contributed by atoms with Crippen molar-refractivity contribution in [2.24, 2.45) is 0 Å². The highest BCUT2D eigenvalue weighted by Gasteiger charge is 2.41. The molecule has 2 aliphatic heterocycles. The first kappa shape index (κ1) is 11.3. The van der Waals surface area contributed by atoms with Gasteiger partial charge in [0.2, 0.25) is 5.91 Å². The highest BCUT2D eigenvalue weighted by molar-refractivity contribution is 6.10. The van der Waals surface area contributed by atoms with Crippen LogP contribution in [0.3, 0.4) is 0 Å². The highest BCUT2D eigenvalue weighted by Crippen LogP contribution is 2.32. The first-order chi connectivity index (χ1) is 8.58. The van der Waals surface area contributed by atoms with E-state index in [0.29, 0.717) is 11.3 Å². The van der Waals surface area contributed by atoms with Gasteiger partial charge >= 0.3 is 0 Å². The lowest BCUT2D eigenvalue weighted by Gasteiger charge is -2.25. The van der Waals surface area contributed by atoms with Crippen molar-refractivity contribution >= 4 is 17.5 Å². The third kappa shape index (κ3) is 1.52. The summed E-state index contributed by atoms with van der Waals surface area (Å²) >= 11 is 0. The number of carbonyl (C=O) groups is 2. The van der Waals surface area contributed by atoms with E-state index in [0.717, 1.165) is 18.4 Å². The number of anilines is 1. The highest BCUT2D eigenvalue weighted by atomic mass is 16.2. The van der Waals surface area contributed by atoms with Crippen LogP contribution in [-0.4, -0.2) is 28.8 Å². The molecule has 0 bridgehead atoms. The smallest absolute Gasteiger partial charge is 0.256 e. The largest absolute Gasteiger partial charge is 0.324 e. The number of rotatable bonds is 0. The van der Waals surface area contributed by atoms with Crippen LogP contribution in [0.25, 0.3) is 0 Å². The van der Waals surface area contributed by atoms with E-state index in [-0.39, 0.29) is 23.9 Å². The molecule has 1 N–H and O–H groups in total.